The molecule has 0 unspecified atom stereocenters. The van der Waals surface area contributed by atoms with E-state index in [-0.39, 0.29) is 12.5 Å². The van der Waals surface area contributed by atoms with Crippen LogP contribution in [-0.2, 0) is 16.1 Å². The van der Waals surface area contributed by atoms with Crippen LogP contribution in [0.2, 0.25) is 0 Å². The minimum atomic E-state index is -0.996. The molecule has 32 heavy (non-hydrogen) atoms. The molecule has 1 fully saturated rings. The summed E-state index contributed by atoms with van der Waals surface area (Å²) in [6, 6.07) is -1.13. The Kier molecular flexibility index (Phi) is 9.14. The predicted octanol–water partition coefficient (Wildman–Crippen LogP) is 0.247. The van der Waals surface area contributed by atoms with E-state index in [1.54, 1.807) is 16.4 Å². The lowest BCUT2D eigenvalue weighted by Crippen LogP contribution is -2.55. The van der Waals surface area contributed by atoms with Gasteiger partial charge < -0.3 is 26.6 Å². The lowest BCUT2D eigenvalue weighted by atomic mass is 9.84. The van der Waals surface area contributed by atoms with Gasteiger partial charge in [0.15, 0.2) is 0 Å². The summed E-state index contributed by atoms with van der Waals surface area (Å²) in [4.78, 5) is 30.4. The summed E-state index contributed by atoms with van der Waals surface area (Å²) in [5.41, 5.74) is 11.8. The van der Waals surface area contributed by atoms with Crippen molar-refractivity contribution in [1.29, 1.82) is 0 Å². The quantitative estimate of drug-likeness (QED) is 0.198. The minimum Gasteiger partial charge on any atom is -0.480 e. The van der Waals surface area contributed by atoms with Gasteiger partial charge in [-0.3, -0.25) is 20.2 Å². The lowest BCUT2D eigenvalue weighted by molar-refractivity contribution is -0.138. The number of carbonyl (C=O) groups excluding carboxylic acids is 1. The van der Waals surface area contributed by atoms with Crippen molar-refractivity contribution in [3.8, 4) is 0 Å². The zero-order chi connectivity index (χ0) is 23.1. The first kappa shape index (κ1) is 24.7. The normalized spacial score (nSPS) is 21.2. The fourth-order valence-electron chi connectivity index (χ4n) is 4.36. The molecule has 10 nitrogen and oxygen atoms in total. The summed E-state index contributed by atoms with van der Waals surface area (Å²) < 4.78 is 0. The molecule has 1 aromatic heterocycles. The van der Waals surface area contributed by atoms with Gasteiger partial charge in [0.1, 0.15) is 11.2 Å². The molecule has 0 radical (unpaired) electrons. The molecule has 2 heterocycles. The van der Waals surface area contributed by atoms with Crippen LogP contribution in [0, 0.1) is 5.92 Å². The maximum absolute atomic E-state index is 13.4. The fraction of sp³-hybridized carbons (Fsp3) is 0.667. The van der Waals surface area contributed by atoms with E-state index in [0.717, 1.165) is 30.7 Å². The molecule has 11 heteroatoms. The van der Waals surface area contributed by atoms with Crippen molar-refractivity contribution in [2.24, 2.45) is 17.4 Å². The number of amides is 1. The van der Waals surface area contributed by atoms with Crippen LogP contribution in [0.15, 0.2) is 17.5 Å². The van der Waals surface area contributed by atoms with Crippen molar-refractivity contribution < 1.29 is 19.8 Å². The van der Waals surface area contributed by atoms with E-state index in [9.17, 15) is 14.7 Å². The molecule has 1 amide bonds. The number of aliphatic hydroxyl groups excluding tert-OH is 1. The Morgan fingerprint density at radius 1 is 1.25 bits per heavy atom. The van der Waals surface area contributed by atoms with Crippen LogP contribution in [0.25, 0.3) is 0 Å². The first-order chi connectivity index (χ1) is 15.3. The van der Waals surface area contributed by atoms with Crippen LogP contribution in [0.4, 0.5) is 0 Å². The number of nitrogens with one attached hydrogen (secondary N) is 2. The third-order valence-electron chi connectivity index (χ3n) is 6.07. The van der Waals surface area contributed by atoms with E-state index in [1.165, 1.54) is 17.8 Å². The molecular formula is C21H34N6O4S. The van der Waals surface area contributed by atoms with Crippen LogP contribution >= 0.6 is 11.3 Å². The molecule has 3 rings (SSSR count). The SMILES string of the molecule is NC(N)c1csc(CN[C@@H](O)[C@@H]2C=CCN2C(=O)[C@H](CC2CCCCC2)NCC(=O)O)n1. The molecule has 178 valence electrons. The average molecular weight is 467 g/mol. The Bertz CT molecular complexity index is 795. The Morgan fingerprint density at radius 2 is 2.00 bits per heavy atom. The molecule has 0 bridgehead atoms. The zero-order valence-electron chi connectivity index (χ0n) is 18.2. The second-order valence-electron chi connectivity index (χ2n) is 8.49. The molecule has 8 N–H and O–H groups in total. The third-order valence-corrected chi connectivity index (χ3v) is 6.93. The lowest BCUT2D eigenvalue weighted by Gasteiger charge is -2.33. The summed E-state index contributed by atoms with van der Waals surface area (Å²) >= 11 is 1.39. The van der Waals surface area contributed by atoms with E-state index in [0.29, 0.717) is 31.1 Å². The summed E-state index contributed by atoms with van der Waals surface area (Å²) in [7, 11) is 0. The Balaban J connectivity index is 1.60. The van der Waals surface area contributed by atoms with E-state index in [1.807, 2.05) is 6.08 Å². The molecule has 1 saturated carbocycles. The number of nitrogens with zero attached hydrogens (tertiary/aromatic N) is 2. The van der Waals surface area contributed by atoms with Crippen molar-refractivity contribution in [3.05, 3.63) is 28.2 Å². The van der Waals surface area contributed by atoms with Gasteiger partial charge in [-0.2, -0.15) is 0 Å². The van der Waals surface area contributed by atoms with Crippen LogP contribution in [0.5, 0.6) is 0 Å². The largest absolute Gasteiger partial charge is 0.480 e. The monoisotopic (exact) mass is 466 g/mol. The molecule has 0 spiro atoms. The van der Waals surface area contributed by atoms with Gasteiger partial charge >= 0.3 is 5.97 Å². The first-order valence-electron chi connectivity index (χ1n) is 11.1. The van der Waals surface area contributed by atoms with Crippen molar-refractivity contribution in [2.75, 3.05) is 13.1 Å². The molecule has 1 aromatic rings. The number of nitrogens with two attached hydrogens (primary N) is 2. The number of carboxylic acids is 1. The smallest absolute Gasteiger partial charge is 0.317 e. The van der Waals surface area contributed by atoms with Crippen LogP contribution < -0.4 is 22.1 Å². The maximum atomic E-state index is 13.4. The maximum Gasteiger partial charge on any atom is 0.317 e. The number of thiazole rings is 1. The molecule has 2 aliphatic rings. The predicted molar refractivity (Wildman–Crippen MR) is 121 cm³/mol. The fourth-order valence-corrected chi connectivity index (χ4v) is 5.15. The van der Waals surface area contributed by atoms with Crippen molar-refractivity contribution in [3.63, 3.8) is 0 Å². The number of hydrogen-bond acceptors (Lipinski definition) is 9. The van der Waals surface area contributed by atoms with E-state index in [2.05, 4.69) is 15.6 Å². The van der Waals surface area contributed by atoms with Gasteiger partial charge in [0.2, 0.25) is 5.91 Å². The molecule has 1 aliphatic carbocycles. The first-order valence-corrected chi connectivity index (χ1v) is 12.0. The number of aliphatic hydroxyl groups is 1. The number of aromatic nitrogens is 1. The second kappa shape index (κ2) is 11.8. The summed E-state index contributed by atoms with van der Waals surface area (Å²) in [6.45, 7) is 0.417. The number of rotatable bonds is 11. The number of carbonyl (C=O) groups is 2. The Hall–Kier alpha value is -1.89. The molecule has 3 atom stereocenters. The minimum absolute atomic E-state index is 0.182. The standard InChI is InChI=1S/C21H34N6O4S/c22-19(23)15-12-32-17(26-15)10-25-20(30)16-7-4-8-27(16)21(31)14(24-11-18(28)29)9-13-5-2-1-3-6-13/h4,7,12-14,16,19-20,24-25,30H,1-3,5-6,8-11,22-23H2,(H,28,29)/t14-,16-,20-/m0/s1. The Morgan fingerprint density at radius 3 is 2.66 bits per heavy atom. The number of carboxylic acid groups (broad SMARTS) is 1. The average Bonchev–Trinajstić information content (AvgIpc) is 3.45. The van der Waals surface area contributed by atoms with Gasteiger partial charge in [-0.05, 0) is 12.3 Å². The van der Waals surface area contributed by atoms with Crippen molar-refractivity contribution in [1.82, 2.24) is 20.5 Å². The summed E-state index contributed by atoms with van der Waals surface area (Å²) in [6.07, 6.45) is 8.25. The summed E-state index contributed by atoms with van der Waals surface area (Å²) in [5.74, 6) is -0.772. The second-order valence-corrected chi connectivity index (χ2v) is 9.44. The highest BCUT2D eigenvalue weighted by molar-refractivity contribution is 7.09. The molecule has 0 aromatic carbocycles. The zero-order valence-corrected chi connectivity index (χ0v) is 19.0. The van der Waals surface area contributed by atoms with Crippen LogP contribution in [0.3, 0.4) is 0 Å². The Labute approximate surface area is 192 Å². The molecular weight excluding hydrogens is 432 g/mol. The van der Waals surface area contributed by atoms with Gasteiger partial charge in [-0.25, -0.2) is 4.98 Å². The van der Waals surface area contributed by atoms with Gasteiger partial charge in [-0.1, -0.05) is 44.3 Å². The number of aliphatic carboxylic acids is 1. The van der Waals surface area contributed by atoms with Gasteiger partial charge in [0.05, 0.1) is 30.5 Å². The molecule has 1 aliphatic heterocycles. The van der Waals surface area contributed by atoms with Crippen molar-refractivity contribution in [2.45, 2.75) is 69.5 Å². The molecule has 0 saturated heterocycles. The topological polar surface area (TPSA) is 167 Å². The highest BCUT2D eigenvalue weighted by atomic mass is 32.1. The number of hydrogen-bond donors (Lipinski definition) is 6. The van der Waals surface area contributed by atoms with Gasteiger partial charge in [-0.15, -0.1) is 11.3 Å². The summed E-state index contributed by atoms with van der Waals surface area (Å²) in [5, 5.41) is 28.3. The van der Waals surface area contributed by atoms with E-state index >= 15 is 0 Å². The van der Waals surface area contributed by atoms with Crippen LogP contribution in [-0.4, -0.2) is 63.4 Å². The van der Waals surface area contributed by atoms with E-state index in [4.69, 9.17) is 16.6 Å². The van der Waals surface area contributed by atoms with Gasteiger partial charge in [0, 0.05) is 18.5 Å². The van der Waals surface area contributed by atoms with Crippen molar-refractivity contribution >= 4 is 23.2 Å². The van der Waals surface area contributed by atoms with Gasteiger partial charge in [0.25, 0.3) is 0 Å². The highest BCUT2D eigenvalue weighted by Crippen LogP contribution is 2.28. The van der Waals surface area contributed by atoms with Crippen LogP contribution in [0.1, 0.15) is 55.4 Å². The van der Waals surface area contributed by atoms with E-state index < -0.39 is 30.4 Å². The third kappa shape index (κ3) is 6.80. The highest BCUT2D eigenvalue weighted by Gasteiger charge is 2.35.